The van der Waals surface area contributed by atoms with Gasteiger partial charge in [-0.15, -0.1) is 0 Å². The lowest BCUT2D eigenvalue weighted by atomic mass is 9.96. The fourth-order valence-corrected chi connectivity index (χ4v) is 2.06. The molecule has 0 aromatic heterocycles. The van der Waals surface area contributed by atoms with Gasteiger partial charge in [0.05, 0.1) is 18.6 Å². The summed E-state index contributed by atoms with van der Waals surface area (Å²) >= 11 is 0. The molecule has 0 radical (unpaired) electrons. The lowest BCUT2D eigenvalue weighted by molar-refractivity contribution is 0.289. The number of nitriles is 1. The largest absolute Gasteiger partial charge is 0.491 e. The van der Waals surface area contributed by atoms with Crippen molar-refractivity contribution >= 4 is 0 Å². The smallest absolute Gasteiger partial charge is 0.167 e. The summed E-state index contributed by atoms with van der Waals surface area (Å²) in [6, 6.07) is 11.0. The second-order valence-corrected chi connectivity index (χ2v) is 4.80. The maximum Gasteiger partial charge on any atom is 0.167 e. The fourth-order valence-electron chi connectivity index (χ4n) is 2.06. The Morgan fingerprint density at radius 2 is 1.68 bits per heavy atom. The number of ether oxygens (including phenoxy) is 1. The minimum atomic E-state index is -0.754. The maximum atomic E-state index is 13.4. The molecule has 0 saturated carbocycles. The lowest BCUT2D eigenvalue weighted by Gasteiger charge is -2.11. The molecule has 0 aliphatic carbocycles. The van der Waals surface area contributed by atoms with Crippen molar-refractivity contribution in [3.8, 4) is 11.8 Å². The van der Waals surface area contributed by atoms with Gasteiger partial charge in [0.25, 0.3) is 0 Å². The molecule has 114 valence electrons. The van der Waals surface area contributed by atoms with Gasteiger partial charge in [-0.05, 0) is 42.7 Å². The van der Waals surface area contributed by atoms with Crippen molar-refractivity contribution in [3.63, 3.8) is 0 Å². The molecule has 0 amide bonds. The SMILES string of the molecule is N#CC(CCCOc1ccc(F)cc1F)c1ccc(F)cc1. The molecule has 0 bridgehead atoms. The molecule has 0 spiro atoms. The Hall–Kier alpha value is -2.48. The molecule has 22 heavy (non-hydrogen) atoms. The van der Waals surface area contributed by atoms with Crippen LogP contribution in [0.5, 0.6) is 5.75 Å². The van der Waals surface area contributed by atoms with Crippen molar-refractivity contribution in [2.24, 2.45) is 0 Å². The minimum absolute atomic E-state index is 0.0170. The normalized spacial score (nSPS) is 11.7. The van der Waals surface area contributed by atoms with Crippen LogP contribution in [0.1, 0.15) is 24.3 Å². The van der Waals surface area contributed by atoms with Crippen molar-refractivity contribution in [2.75, 3.05) is 6.61 Å². The Morgan fingerprint density at radius 1 is 1.00 bits per heavy atom. The zero-order valence-corrected chi connectivity index (χ0v) is 11.7. The van der Waals surface area contributed by atoms with Crippen LogP contribution in [0.25, 0.3) is 0 Å². The van der Waals surface area contributed by atoms with E-state index in [1.807, 2.05) is 0 Å². The Bertz CT molecular complexity index is 665. The van der Waals surface area contributed by atoms with Gasteiger partial charge in [0, 0.05) is 6.07 Å². The van der Waals surface area contributed by atoms with Crippen LogP contribution < -0.4 is 4.74 Å². The molecule has 2 nitrogen and oxygen atoms in total. The van der Waals surface area contributed by atoms with Gasteiger partial charge in [0.2, 0.25) is 0 Å². The highest BCUT2D eigenvalue weighted by Gasteiger charge is 2.11. The minimum Gasteiger partial charge on any atom is -0.491 e. The first-order valence-corrected chi connectivity index (χ1v) is 6.83. The number of hydrogen-bond donors (Lipinski definition) is 0. The summed E-state index contributed by atoms with van der Waals surface area (Å²) in [5, 5.41) is 9.15. The molecule has 0 aliphatic heterocycles. The number of benzene rings is 2. The third kappa shape index (κ3) is 4.26. The molecule has 2 aromatic rings. The second kappa shape index (κ2) is 7.51. The van der Waals surface area contributed by atoms with Crippen molar-refractivity contribution < 1.29 is 17.9 Å². The highest BCUT2D eigenvalue weighted by molar-refractivity contribution is 5.26. The molecule has 0 saturated heterocycles. The van der Waals surface area contributed by atoms with Crippen LogP contribution in [0.4, 0.5) is 13.2 Å². The summed E-state index contributed by atoms with van der Waals surface area (Å²) in [5.41, 5.74) is 0.733. The summed E-state index contributed by atoms with van der Waals surface area (Å²) < 4.78 is 44.2. The van der Waals surface area contributed by atoms with Crippen molar-refractivity contribution in [1.29, 1.82) is 5.26 Å². The summed E-state index contributed by atoms with van der Waals surface area (Å²) in [7, 11) is 0. The molecule has 0 heterocycles. The Balaban J connectivity index is 1.84. The van der Waals surface area contributed by atoms with Gasteiger partial charge in [0.1, 0.15) is 11.6 Å². The average Bonchev–Trinajstić information content (AvgIpc) is 2.50. The van der Waals surface area contributed by atoms with Crippen LogP contribution in [-0.4, -0.2) is 6.61 Å². The first-order valence-electron chi connectivity index (χ1n) is 6.83. The van der Waals surface area contributed by atoms with Crippen LogP contribution in [0, 0.1) is 28.8 Å². The van der Waals surface area contributed by atoms with Crippen LogP contribution >= 0.6 is 0 Å². The van der Waals surface area contributed by atoms with E-state index in [4.69, 9.17) is 10.00 Å². The van der Waals surface area contributed by atoms with Crippen LogP contribution in [0.3, 0.4) is 0 Å². The number of hydrogen-bond acceptors (Lipinski definition) is 2. The van der Waals surface area contributed by atoms with E-state index in [2.05, 4.69) is 6.07 Å². The molecule has 0 aliphatic rings. The van der Waals surface area contributed by atoms with Crippen LogP contribution in [0.2, 0.25) is 0 Å². The van der Waals surface area contributed by atoms with E-state index in [1.165, 1.54) is 18.2 Å². The van der Waals surface area contributed by atoms with Gasteiger partial charge >= 0.3 is 0 Å². The topological polar surface area (TPSA) is 33.0 Å². The maximum absolute atomic E-state index is 13.4. The van der Waals surface area contributed by atoms with Gasteiger partial charge in [0.15, 0.2) is 11.6 Å². The van der Waals surface area contributed by atoms with E-state index in [1.54, 1.807) is 12.1 Å². The predicted molar refractivity (Wildman–Crippen MR) is 75.8 cm³/mol. The molecule has 2 aromatic carbocycles. The Kier molecular flexibility index (Phi) is 5.42. The van der Waals surface area contributed by atoms with Crippen molar-refractivity contribution in [2.45, 2.75) is 18.8 Å². The predicted octanol–water partition coefficient (Wildman–Crippen LogP) is 4.57. The van der Waals surface area contributed by atoms with Crippen molar-refractivity contribution in [3.05, 3.63) is 65.5 Å². The molecule has 1 atom stereocenters. The van der Waals surface area contributed by atoms with E-state index in [9.17, 15) is 13.2 Å². The van der Waals surface area contributed by atoms with E-state index in [-0.39, 0.29) is 24.1 Å². The Labute approximate surface area is 126 Å². The number of halogens is 3. The third-order valence-electron chi connectivity index (χ3n) is 3.22. The highest BCUT2D eigenvalue weighted by Crippen LogP contribution is 2.22. The molecule has 5 heteroatoms. The van der Waals surface area contributed by atoms with E-state index in [0.717, 1.165) is 17.7 Å². The zero-order chi connectivity index (χ0) is 15.9. The lowest BCUT2D eigenvalue weighted by Crippen LogP contribution is -2.03. The van der Waals surface area contributed by atoms with Crippen LogP contribution in [-0.2, 0) is 0 Å². The summed E-state index contributed by atoms with van der Waals surface area (Å²) in [4.78, 5) is 0. The Morgan fingerprint density at radius 3 is 2.32 bits per heavy atom. The zero-order valence-electron chi connectivity index (χ0n) is 11.7. The van der Waals surface area contributed by atoms with Gasteiger partial charge < -0.3 is 4.74 Å². The van der Waals surface area contributed by atoms with E-state index < -0.39 is 11.6 Å². The van der Waals surface area contributed by atoms with Gasteiger partial charge in [-0.25, -0.2) is 13.2 Å². The fraction of sp³-hybridized carbons (Fsp3) is 0.235. The number of nitrogens with zero attached hydrogens (tertiary/aromatic N) is 1. The third-order valence-corrected chi connectivity index (χ3v) is 3.22. The first-order chi connectivity index (χ1) is 10.6. The molecular formula is C17H14F3NO. The molecular weight excluding hydrogens is 291 g/mol. The van der Waals surface area contributed by atoms with Crippen molar-refractivity contribution in [1.82, 2.24) is 0 Å². The van der Waals surface area contributed by atoms with Gasteiger partial charge in [-0.3, -0.25) is 0 Å². The van der Waals surface area contributed by atoms with Crippen LogP contribution in [0.15, 0.2) is 42.5 Å². The van der Waals surface area contributed by atoms with Gasteiger partial charge in [-0.1, -0.05) is 12.1 Å². The molecule has 0 N–H and O–H groups in total. The van der Waals surface area contributed by atoms with Gasteiger partial charge in [-0.2, -0.15) is 5.26 Å². The average molecular weight is 305 g/mol. The summed E-state index contributed by atoms with van der Waals surface area (Å²) in [6.45, 7) is 0.210. The molecule has 1 unspecified atom stereocenters. The standard InChI is InChI=1S/C17H14F3NO/c18-14-5-3-12(4-6-14)13(11-21)2-1-9-22-17-8-7-15(19)10-16(17)20/h3-8,10,13H,1-2,9H2. The first kappa shape index (κ1) is 15.9. The summed E-state index contributed by atoms with van der Waals surface area (Å²) in [6.07, 6.45) is 1.03. The quantitative estimate of drug-likeness (QED) is 0.732. The van der Waals surface area contributed by atoms with E-state index in [0.29, 0.717) is 12.8 Å². The highest BCUT2D eigenvalue weighted by atomic mass is 19.1. The molecule has 2 rings (SSSR count). The molecule has 0 fully saturated rings. The second-order valence-electron chi connectivity index (χ2n) is 4.80. The van der Waals surface area contributed by atoms with E-state index >= 15 is 0 Å². The monoisotopic (exact) mass is 305 g/mol. The number of rotatable bonds is 6. The summed E-state index contributed by atoms with van der Waals surface area (Å²) in [5.74, 6) is -2.16.